The first kappa shape index (κ1) is 18.6. The number of nitrogens with one attached hydrogen (secondary N) is 1. The van der Waals surface area contributed by atoms with Crippen molar-refractivity contribution in [2.45, 2.75) is 32.4 Å². The minimum absolute atomic E-state index is 0.124. The minimum atomic E-state index is -0.562. The van der Waals surface area contributed by atoms with Crippen LogP contribution in [0.5, 0.6) is 17.2 Å². The van der Waals surface area contributed by atoms with E-state index < -0.39 is 6.10 Å². The van der Waals surface area contributed by atoms with Gasteiger partial charge in [-0.3, -0.25) is 4.79 Å². The van der Waals surface area contributed by atoms with Gasteiger partial charge >= 0.3 is 0 Å². The Morgan fingerprint density at radius 3 is 2.24 bits per heavy atom. The van der Waals surface area contributed by atoms with Crippen LogP contribution in [0, 0.1) is 0 Å². The summed E-state index contributed by atoms with van der Waals surface area (Å²) in [6.45, 7) is 3.86. The highest BCUT2D eigenvalue weighted by atomic mass is 16.5. The lowest BCUT2D eigenvalue weighted by Gasteiger charge is -2.21. The van der Waals surface area contributed by atoms with E-state index in [1.165, 1.54) is 0 Å². The standard InChI is InChI=1S/C20H25NO4/c1-5-19(25-18-8-6-7-17(13-18)24-4)20(22)21-14(2)15-9-11-16(23-3)12-10-15/h6-14,19H,5H2,1-4H3,(H,21,22)/t14-,19+/m1/s1. The van der Waals surface area contributed by atoms with Crippen LogP contribution in [-0.4, -0.2) is 26.2 Å². The smallest absolute Gasteiger partial charge is 0.261 e. The first-order chi connectivity index (χ1) is 12.1. The van der Waals surface area contributed by atoms with E-state index in [1.807, 2.05) is 56.3 Å². The first-order valence-electron chi connectivity index (χ1n) is 8.32. The van der Waals surface area contributed by atoms with E-state index in [9.17, 15) is 4.79 Å². The molecule has 134 valence electrons. The van der Waals surface area contributed by atoms with Crippen LogP contribution < -0.4 is 19.5 Å². The van der Waals surface area contributed by atoms with Crippen LogP contribution in [0.1, 0.15) is 31.9 Å². The van der Waals surface area contributed by atoms with E-state index in [2.05, 4.69) is 5.32 Å². The van der Waals surface area contributed by atoms with Crippen molar-refractivity contribution >= 4 is 5.91 Å². The van der Waals surface area contributed by atoms with E-state index in [-0.39, 0.29) is 11.9 Å². The van der Waals surface area contributed by atoms with Gasteiger partial charge in [-0.15, -0.1) is 0 Å². The molecular formula is C20H25NO4. The van der Waals surface area contributed by atoms with Gasteiger partial charge in [0.05, 0.1) is 20.3 Å². The summed E-state index contributed by atoms with van der Waals surface area (Å²) in [5.41, 5.74) is 1.00. The number of hydrogen-bond acceptors (Lipinski definition) is 4. The molecule has 0 unspecified atom stereocenters. The molecule has 2 aromatic rings. The number of ether oxygens (including phenoxy) is 3. The van der Waals surface area contributed by atoms with Crippen LogP contribution in [0.15, 0.2) is 48.5 Å². The van der Waals surface area contributed by atoms with Crippen LogP contribution >= 0.6 is 0 Å². The van der Waals surface area contributed by atoms with Crippen LogP contribution in [-0.2, 0) is 4.79 Å². The molecule has 0 radical (unpaired) electrons. The molecule has 0 fully saturated rings. The van der Waals surface area contributed by atoms with E-state index in [1.54, 1.807) is 20.3 Å². The summed E-state index contributed by atoms with van der Waals surface area (Å²) in [6.07, 6.45) is 0.00561. The summed E-state index contributed by atoms with van der Waals surface area (Å²) < 4.78 is 16.2. The molecule has 0 bridgehead atoms. The summed E-state index contributed by atoms with van der Waals surface area (Å²) in [5.74, 6) is 1.95. The monoisotopic (exact) mass is 343 g/mol. The fourth-order valence-corrected chi connectivity index (χ4v) is 2.44. The van der Waals surface area contributed by atoms with Gasteiger partial charge < -0.3 is 19.5 Å². The Balaban J connectivity index is 2.00. The van der Waals surface area contributed by atoms with Gasteiger partial charge in [-0.25, -0.2) is 0 Å². The van der Waals surface area contributed by atoms with Gasteiger partial charge in [0.1, 0.15) is 17.2 Å². The number of rotatable bonds is 8. The number of amides is 1. The van der Waals surface area contributed by atoms with Gasteiger partial charge in [0.2, 0.25) is 0 Å². The molecule has 0 saturated heterocycles. The Morgan fingerprint density at radius 1 is 1.00 bits per heavy atom. The van der Waals surface area contributed by atoms with E-state index in [0.29, 0.717) is 17.9 Å². The van der Waals surface area contributed by atoms with Crippen LogP contribution in [0.2, 0.25) is 0 Å². The maximum absolute atomic E-state index is 12.5. The van der Waals surface area contributed by atoms with Crippen molar-refractivity contribution < 1.29 is 19.0 Å². The lowest BCUT2D eigenvalue weighted by Crippen LogP contribution is -2.39. The molecule has 2 atom stereocenters. The Labute approximate surface area is 148 Å². The number of carbonyl (C=O) groups excluding carboxylic acids is 1. The average molecular weight is 343 g/mol. The molecule has 0 saturated carbocycles. The molecule has 0 spiro atoms. The van der Waals surface area contributed by atoms with Crippen molar-refractivity contribution in [2.75, 3.05) is 14.2 Å². The molecule has 1 N–H and O–H groups in total. The molecular weight excluding hydrogens is 318 g/mol. The molecule has 0 aliphatic carbocycles. The molecule has 5 nitrogen and oxygen atoms in total. The highest BCUT2D eigenvalue weighted by Crippen LogP contribution is 2.21. The second kappa shape index (κ2) is 8.97. The quantitative estimate of drug-likeness (QED) is 0.793. The molecule has 0 aliphatic heterocycles. The SMILES string of the molecule is CC[C@H](Oc1cccc(OC)c1)C(=O)N[C@H](C)c1ccc(OC)cc1. The van der Waals surface area contributed by atoms with Crippen molar-refractivity contribution in [2.24, 2.45) is 0 Å². The normalized spacial score (nSPS) is 12.8. The third-order valence-corrected chi connectivity index (χ3v) is 3.96. The Bertz CT molecular complexity index is 684. The minimum Gasteiger partial charge on any atom is -0.497 e. The number of methoxy groups -OCH3 is 2. The summed E-state index contributed by atoms with van der Waals surface area (Å²) in [4.78, 5) is 12.5. The molecule has 5 heteroatoms. The Kier molecular flexibility index (Phi) is 6.69. The lowest BCUT2D eigenvalue weighted by atomic mass is 10.1. The fourth-order valence-electron chi connectivity index (χ4n) is 2.44. The first-order valence-corrected chi connectivity index (χ1v) is 8.32. The lowest BCUT2D eigenvalue weighted by molar-refractivity contribution is -0.128. The van der Waals surface area contributed by atoms with E-state index in [4.69, 9.17) is 14.2 Å². The third kappa shape index (κ3) is 5.14. The van der Waals surface area contributed by atoms with Crippen molar-refractivity contribution in [1.82, 2.24) is 5.32 Å². The van der Waals surface area contributed by atoms with Gasteiger partial charge in [0.15, 0.2) is 6.10 Å². The van der Waals surface area contributed by atoms with Crippen molar-refractivity contribution in [3.05, 3.63) is 54.1 Å². The van der Waals surface area contributed by atoms with Crippen LogP contribution in [0.4, 0.5) is 0 Å². The number of benzene rings is 2. The second-order valence-corrected chi connectivity index (χ2v) is 5.70. The van der Waals surface area contributed by atoms with E-state index >= 15 is 0 Å². The summed E-state index contributed by atoms with van der Waals surface area (Å²) in [7, 11) is 3.22. The number of hydrogen-bond donors (Lipinski definition) is 1. The second-order valence-electron chi connectivity index (χ2n) is 5.70. The molecule has 0 aromatic heterocycles. The predicted octanol–water partition coefficient (Wildman–Crippen LogP) is 3.74. The molecule has 1 amide bonds. The van der Waals surface area contributed by atoms with Crippen LogP contribution in [0.25, 0.3) is 0 Å². The predicted molar refractivity (Wildman–Crippen MR) is 97.3 cm³/mol. The Hall–Kier alpha value is -2.69. The van der Waals surface area contributed by atoms with Gasteiger partial charge in [0, 0.05) is 6.07 Å². The highest BCUT2D eigenvalue weighted by Gasteiger charge is 2.21. The maximum atomic E-state index is 12.5. The summed E-state index contributed by atoms with van der Waals surface area (Å²) in [6, 6.07) is 14.7. The summed E-state index contributed by atoms with van der Waals surface area (Å²) in [5, 5.41) is 3.00. The number of carbonyl (C=O) groups is 1. The van der Waals surface area contributed by atoms with Crippen molar-refractivity contribution in [3.8, 4) is 17.2 Å². The van der Waals surface area contributed by atoms with Crippen LogP contribution in [0.3, 0.4) is 0 Å². The topological polar surface area (TPSA) is 56.8 Å². The van der Waals surface area contributed by atoms with Gasteiger partial charge in [-0.05, 0) is 43.2 Å². The van der Waals surface area contributed by atoms with E-state index in [0.717, 1.165) is 11.3 Å². The molecule has 0 heterocycles. The zero-order valence-corrected chi connectivity index (χ0v) is 15.1. The fraction of sp³-hybridized carbons (Fsp3) is 0.350. The maximum Gasteiger partial charge on any atom is 0.261 e. The average Bonchev–Trinajstić information content (AvgIpc) is 2.66. The molecule has 0 aliphatic rings. The molecule has 2 aromatic carbocycles. The molecule has 25 heavy (non-hydrogen) atoms. The highest BCUT2D eigenvalue weighted by molar-refractivity contribution is 5.81. The van der Waals surface area contributed by atoms with Gasteiger partial charge in [-0.1, -0.05) is 25.1 Å². The van der Waals surface area contributed by atoms with Crippen molar-refractivity contribution in [3.63, 3.8) is 0 Å². The Morgan fingerprint density at radius 2 is 1.64 bits per heavy atom. The van der Waals surface area contributed by atoms with Gasteiger partial charge in [-0.2, -0.15) is 0 Å². The summed E-state index contributed by atoms with van der Waals surface area (Å²) >= 11 is 0. The van der Waals surface area contributed by atoms with Gasteiger partial charge in [0.25, 0.3) is 5.91 Å². The van der Waals surface area contributed by atoms with Crippen molar-refractivity contribution in [1.29, 1.82) is 0 Å². The zero-order chi connectivity index (χ0) is 18.2. The largest absolute Gasteiger partial charge is 0.497 e. The molecule has 2 rings (SSSR count). The third-order valence-electron chi connectivity index (χ3n) is 3.96. The zero-order valence-electron chi connectivity index (χ0n) is 15.1.